The van der Waals surface area contributed by atoms with Crippen molar-refractivity contribution >= 4 is 40.4 Å². The predicted molar refractivity (Wildman–Crippen MR) is 100 cm³/mol. The molecule has 1 aliphatic rings. The van der Waals surface area contributed by atoms with Gasteiger partial charge in [-0.3, -0.25) is 14.5 Å². The fraction of sp³-hybridized carbons (Fsp3) is 0.211. The molecule has 0 N–H and O–H groups in total. The third-order valence-electron chi connectivity index (χ3n) is 3.69. The second-order valence-electron chi connectivity index (χ2n) is 5.54. The van der Waals surface area contributed by atoms with Gasteiger partial charge in [0.2, 0.25) is 0 Å². The molecule has 0 spiro atoms. The Bertz CT molecular complexity index is 808. The van der Waals surface area contributed by atoms with Crippen LogP contribution in [0.3, 0.4) is 0 Å². The van der Waals surface area contributed by atoms with Gasteiger partial charge in [-0.15, -0.1) is 0 Å². The highest BCUT2D eigenvalue weighted by atomic mass is 32.2. The lowest BCUT2D eigenvalue weighted by atomic mass is 10.1. The van der Waals surface area contributed by atoms with Gasteiger partial charge >= 0.3 is 0 Å². The number of hydrogen-bond acceptors (Lipinski definition) is 5. The van der Waals surface area contributed by atoms with Gasteiger partial charge in [0.25, 0.3) is 5.91 Å². The first-order valence-corrected chi connectivity index (χ1v) is 8.97. The molecule has 1 aromatic carbocycles. The van der Waals surface area contributed by atoms with Crippen LogP contribution in [0.5, 0.6) is 0 Å². The zero-order chi connectivity index (χ0) is 17.6. The Balaban J connectivity index is 1.77. The van der Waals surface area contributed by atoms with Gasteiger partial charge in [-0.05, 0) is 55.8 Å². The molecule has 1 aromatic heterocycles. The van der Waals surface area contributed by atoms with Gasteiger partial charge in [-0.25, -0.2) is 4.99 Å². The lowest BCUT2D eigenvalue weighted by molar-refractivity contribution is -0.122. The smallest absolute Gasteiger partial charge is 0.252 e. The van der Waals surface area contributed by atoms with Crippen LogP contribution in [0.1, 0.15) is 29.5 Å². The van der Waals surface area contributed by atoms with E-state index in [1.807, 2.05) is 0 Å². The van der Waals surface area contributed by atoms with Crippen LogP contribution in [0.2, 0.25) is 0 Å². The summed E-state index contributed by atoms with van der Waals surface area (Å²) in [4.78, 5) is 30.1. The molecule has 1 aliphatic heterocycles. The number of benzene rings is 1. The largest absolute Gasteiger partial charge is 0.465 e. The zero-order valence-electron chi connectivity index (χ0n) is 13.8. The molecule has 6 heteroatoms. The van der Waals surface area contributed by atoms with Crippen molar-refractivity contribution in [3.63, 3.8) is 0 Å². The number of nitrogens with zero attached hydrogens (tertiary/aromatic N) is 2. The Morgan fingerprint density at radius 3 is 2.72 bits per heavy atom. The zero-order valence-corrected chi connectivity index (χ0v) is 14.7. The van der Waals surface area contributed by atoms with Crippen molar-refractivity contribution in [3.8, 4) is 0 Å². The van der Waals surface area contributed by atoms with Crippen LogP contribution >= 0.6 is 11.8 Å². The molecule has 128 valence electrons. The van der Waals surface area contributed by atoms with Crippen LogP contribution in [0, 0.1) is 0 Å². The Morgan fingerprint density at radius 2 is 2.04 bits per heavy atom. The minimum atomic E-state index is -0.122. The van der Waals surface area contributed by atoms with E-state index in [4.69, 9.17) is 4.42 Å². The number of carbonyl (C=O) groups excluding carboxylic acids is 2. The molecule has 0 aliphatic carbocycles. The third-order valence-corrected chi connectivity index (χ3v) is 4.75. The molecule has 0 unspecified atom stereocenters. The highest BCUT2D eigenvalue weighted by Crippen LogP contribution is 2.23. The van der Waals surface area contributed by atoms with Gasteiger partial charge in [0.15, 0.2) is 11.0 Å². The maximum Gasteiger partial charge on any atom is 0.252 e. The molecule has 0 saturated carbocycles. The number of rotatable bonds is 4. The SMILES string of the molecule is CC(=O)c1ccc(N=C2SCCCN2C(=O)/C=C/c2ccco2)cc1. The van der Waals surface area contributed by atoms with E-state index in [1.165, 1.54) is 13.0 Å². The Hall–Kier alpha value is -2.60. The maximum absolute atomic E-state index is 12.5. The predicted octanol–water partition coefficient (Wildman–Crippen LogP) is 4.15. The summed E-state index contributed by atoms with van der Waals surface area (Å²) < 4.78 is 5.20. The number of furan rings is 1. The number of amides is 1. The van der Waals surface area contributed by atoms with Crippen molar-refractivity contribution in [2.45, 2.75) is 13.3 Å². The first-order chi connectivity index (χ1) is 12.1. The van der Waals surface area contributed by atoms with E-state index in [0.29, 0.717) is 23.0 Å². The summed E-state index contributed by atoms with van der Waals surface area (Å²) in [6.45, 7) is 2.17. The van der Waals surface area contributed by atoms with E-state index >= 15 is 0 Å². The number of aliphatic imine (C=N–C) groups is 1. The average molecular weight is 354 g/mol. The molecule has 0 radical (unpaired) electrons. The average Bonchev–Trinajstić information content (AvgIpc) is 3.14. The van der Waals surface area contributed by atoms with Gasteiger partial charge in [0.1, 0.15) is 5.76 Å². The highest BCUT2D eigenvalue weighted by molar-refractivity contribution is 8.13. The summed E-state index contributed by atoms with van der Waals surface area (Å²) in [7, 11) is 0. The molecule has 0 atom stereocenters. The van der Waals surface area contributed by atoms with E-state index in [9.17, 15) is 9.59 Å². The van der Waals surface area contributed by atoms with Crippen molar-refractivity contribution < 1.29 is 14.0 Å². The summed E-state index contributed by atoms with van der Waals surface area (Å²) in [5.41, 5.74) is 1.37. The minimum Gasteiger partial charge on any atom is -0.465 e. The van der Waals surface area contributed by atoms with Crippen LogP contribution < -0.4 is 0 Å². The minimum absolute atomic E-state index is 0.0195. The third kappa shape index (κ3) is 4.48. The Morgan fingerprint density at radius 1 is 1.24 bits per heavy atom. The van der Waals surface area contributed by atoms with Crippen molar-refractivity contribution in [1.29, 1.82) is 0 Å². The van der Waals surface area contributed by atoms with Crippen LogP contribution in [0.15, 0.2) is 58.1 Å². The number of hydrogen-bond donors (Lipinski definition) is 0. The van der Waals surface area contributed by atoms with Gasteiger partial charge < -0.3 is 4.42 Å². The normalized spacial score (nSPS) is 16.5. The van der Waals surface area contributed by atoms with Crippen LogP contribution in [-0.2, 0) is 4.79 Å². The molecule has 1 saturated heterocycles. The maximum atomic E-state index is 12.5. The van der Waals surface area contributed by atoms with E-state index in [-0.39, 0.29) is 11.7 Å². The van der Waals surface area contributed by atoms with Crippen LogP contribution in [0.25, 0.3) is 6.08 Å². The van der Waals surface area contributed by atoms with Gasteiger partial charge in [-0.2, -0.15) is 0 Å². The second kappa shape index (κ2) is 7.98. The fourth-order valence-electron chi connectivity index (χ4n) is 2.37. The summed E-state index contributed by atoms with van der Waals surface area (Å²) >= 11 is 1.56. The van der Waals surface area contributed by atoms with Crippen LogP contribution in [-0.4, -0.2) is 34.1 Å². The monoisotopic (exact) mass is 354 g/mol. The number of carbonyl (C=O) groups is 2. The quantitative estimate of drug-likeness (QED) is 0.611. The lowest BCUT2D eigenvalue weighted by Gasteiger charge is -2.26. The first kappa shape index (κ1) is 17.2. The molecule has 5 nitrogen and oxygen atoms in total. The molecule has 2 heterocycles. The number of amidine groups is 1. The summed E-state index contributed by atoms with van der Waals surface area (Å²) in [5.74, 6) is 1.46. The lowest BCUT2D eigenvalue weighted by Crippen LogP contribution is -2.38. The molecule has 3 rings (SSSR count). The number of ketones is 1. The number of thioether (sulfide) groups is 1. The molecule has 25 heavy (non-hydrogen) atoms. The van der Waals surface area contributed by atoms with Crippen molar-refractivity contribution in [2.24, 2.45) is 4.99 Å². The Labute approximate surface area is 150 Å². The van der Waals surface area contributed by atoms with Gasteiger partial charge in [0.05, 0.1) is 12.0 Å². The van der Waals surface area contributed by atoms with Gasteiger partial charge in [-0.1, -0.05) is 11.8 Å². The second-order valence-corrected chi connectivity index (χ2v) is 6.60. The Kier molecular flexibility index (Phi) is 5.50. The van der Waals surface area contributed by atoms with Crippen LogP contribution in [0.4, 0.5) is 5.69 Å². The van der Waals surface area contributed by atoms with Gasteiger partial charge in [0, 0.05) is 23.9 Å². The van der Waals surface area contributed by atoms with E-state index < -0.39 is 0 Å². The highest BCUT2D eigenvalue weighted by Gasteiger charge is 2.22. The summed E-state index contributed by atoms with van der Waals surface area (Å²) in [5, 5.41) is 0.677. The first-order valence-electron chi connectivity index (χ1n) is 7.99. The molecular formula is C19H18N2O3S. The van der Waals surface area contributed by atoms with E-state index in [1.54, 1.807) is 65.4 Å². The van der Waals surface area contributed by atoms with Crippen molar-refractivity contribution in [2.75, 3.05) is 12.3 Å². The standard InChI is InChI=1S/C19H18N2O3S/c1-14(22)15-5-7-16(8-6-15)20-19-21(11-3-13-25-19)18(23)10-9-17-4-2-12-24-17/h2,4-10,12H,3,11,13H2,1H3/b10-9+,20-19?. The molecular weight excluding hydrogens is 336 g/mol. The molecule has 1 amide bonds. The van der Waals surface area contributed by atoms with Crippen molar-refractivity contribution in [1.82, 2.24) is 4.90 Å². The van der Waals surface area contributed by atoms with Crippen molar-refractivity contribution in [3.05, 3.63) is 60.1 Å². The molecule has 2 aromatic rings. The summed E-state index contributed by atoms with van der Waals surface area (Å²) in [6.07, 6.45) is 5.64. The van der Waals surface area contributed by atoms with E-state index in [0.717, 1.165) is 17.9 Å². The summed E-state index contributed by atoms with van der Waals surface area (Å²) in [6, 6.07) is 10.6. The number of Topliss-reactive ketones (excluding diaryl/α,β-unsaturated/α-hetero) is 1. The molecule has 0 bridgehead atoms. The topological polar surface area (TPSA) is 62.9 Å². The van der Waals surface area contributed by atoms with E-state index in [2.05, 4.69) is 4.99 Å². The fourth-order valence-corrected chi connectivity index (χ4v) is 3.33. The molecule has 1 fully saturated rings.